The summed E-state index contributed by atoms with van der Waals surface area (Å²) in [4.78, 5) is 13.7. The van der Waals surface area contributed by atoms with E-state index in [4.69, 9.17) is 9.97 Å². The van der Waals surface area contributed by atoms with Crippen molar-refractivity contribution in [2.75, 3.05) is 0 Å². The van der Waals surface area contributed by atoms with Gasteiger partial charge in [0.2, 0.25) is 0 Å². The molecule has 29 heavy (non-hydrogen) atoms. The van der Waals surface area contributed by atoms with Crippen molar-refractivity contribution in [2.45, 2.75) is 46.7 Å². The Hall–Kier alpha value is -3.21. The van der Waals surface area contributed by atoms with Crippen molar-refractivity contribution >= 4 is 17.2 Å². The van der Waals surface area contributed by atoms with Crippen LogP contribution in [0.2, 0.25) is 0 Å². The normalized spacial score (nSPS) is 11.7. The first-order valence-electron chi connectivity index (χ1n) is 10.2. The minimum absolute atomic E-state index is 0.792. The maximum Gasteiger partial charge on any atom is 0.160 e. The van der Waals surface area contributed by atoms with E-state index in [-0.39, 0.29) is 0 Å². The lowest BCUT2D eigenvalue weighted by Crippen LogP contribution is -2.05. The smallest absolute Gasteiger partial charge is 0.160 e. The second-order valence-corrected chi connectivity index (χ2v) is 7.45. The monoisotopic (exact) mass is 385 g/mol. The maximum atomic E-state index is 4.84. The van der Waals surface area contributed by atoms with E-state index >= 15 is 0 Å². The van der Waals surface area contributed by atoms with E-state index in [1.807, 2.05) is 25.6 Å². The fourth-order valence-electron chi connectivity index (χ4n) is 3.66. The third kappa shape index (κ3) is 4.29. The quantitative estimate of drug-likeness (QED) is 0.452. The fourth-order valence-corrected chi connectivity index (χ4v) is 3.66. The van der Waals surface area contributed by atoms with E-state index in [0.717, 1.165) is 48.6 Å². The highest BCUT2D eigenvalue weighted by atomic mass is 15.1. The molecule has 0 atom stereocenters. The number of allylic oxidation sites excluding steroid dienone is 1. The predicted octanol–water partition coefficient (Wildman–Crippen LogP) is 4.96. The molecule has 0 radical (unpaired) electrons. The SMILES string of the molecule is CCc1nc2c(C)cc(C)nc2n1Cc1ccc(/C=C/CCn2ccnc2)cc1. The van der Waals surface area contributed by atoms with Gasteiger partial charge in [-0.25, -0.2) is 15.0 Å². The van der Waals surface area contributed by atoms with Crippen LogP contribution >= 0.6 is 0 Å². The van der Waals surface area contributed by atoms with E-state index in [1.54, 1.807) is 0 Å². The molecule has 0 fully saturated rings. The average Bonchev–Trinajstić information content (AvgIpc) is 3.35. The Balaban J connectivity index is 1.49. The average molecular weight is 386 g/mol. The maximum absolute atomic E-state index is 4.84. The molecule has 0 aliphatic carbocycles. The number of aryl methyl sites for hydroxylation is 4. The van der Waals surface area contributed by atoms with Crippen LogP contribution in [0.1, 0.15) is 41.6 Å². The van der Waals surface area contributed by atoms with Crippen LogP contribution < -0.4 is 0 Å². The highest BCUT2D eigenvalue weighted by Crippen LogP contribution is 2.21. The topological polar surface area (TPSA) is 48.5 Å². The molecule has 0 bridgehead atoms. The molecule has 5 nitrogen and oxygen atoms in total. The Morgan fingerprint density at radius 2 is 1.90 bits per heavy atom. The molecule has 0 amide bonds. The molecule has 0 N–H and O–H groups in total. The molecule has 4 rings (SSSR count). The van der Waals surface area contributed by atoms with Crippen molar-refractivity contribution in [3.63, 3.8) is 0 Å². The number of benzene rings is 1. The van der Waals surface area contributed by atoms with Crippen LogP contribution in [-0.4, -0.2) is 24.1 Å². The van der Waals surface area contributed by atoms with Crippen molar-refractivity contribution in [2.24, 2.45) is 0 Å². The Bertz CT molecular complexity index is 1120. The van der Waals surface area contributed by atoms with E-state index in [9.17, 15) is 0 Å². The number of aromatic nitrogens is 5. The Kier molecular flexibility index (Phi) is 5.56. The van der Waals surface area contributed by atoms with Crippen molar-refractivity contribution in [3.8, 4) is 0 Å². The number of hydrogen-bond acceptors (Lipinski definition) is 3. The van der Waals surface area contributed by atoms with Gasteiger partial charge in [0.1, 0.15) is 11.3 Å². The van der Waals surface area contributed by atoms with Crippen molar-refractivity contribution in [1.29, 1.82) is 0 Å². The highest BCUT2D eigenvalue weighted by Gasteiger charge is 2.13. The van der Waals surface area contributed by atoms with Gasteiger partial charge in [-0.15, -0.1) is 0 Å². The van der Waals surface area contributed by atoms with Gasteiger partial charge >= 0.3 is 0 Å². The van der Waals surface area contributed by atoms with E-state index < -0.39 is 0 Å². The van der Waals surface area contributed by atoms with E-state index in [2.05, 4.69) is 70.4 Å². The summed E-state index contributed by atoms with van der Waals surface area (Å²) in [6.07, 6.45) is 11.9. The summed E-state index contributed by atoms with van der Waals surface area (Å²) in [6, 6.07) is 10.9. The van der Waals surface area contributed by atoms with Crippen LogP contribution in [0.25, 0.3) is 17.2 Å². The molecular weight excluding hydrogens is 358 g/mol. The lowest BCUT2D eigenvalue weighted by molar-refractivity contribution is 0.710. The van der Waals surface area contributed by atoms with Crippen LogP contribution in [0.4, 0.5) is 0 Å². The predicted molar refractivity (Wildman–Crippen MR) is 118 cm³/mol. The van der Waals surface area contributed by atoms with Gasteiger partial charge in [-0.3, -0.25) is 0 Å². The number of fused-ring (bicyclic) bond motifs is 1. The summed E-state index contributed by atoms with van der Waals surface area (Å²) in [7, 11) is 0. The summed E-state index contributed by atoms with van der Waals surface area (Å²) >= 11 is 0. The molecule has 0 saturated carbocycles. The molecule has 0 saturated heterocycles. The molecule has 148 valence electrons. The number of imidazole rings is 2. The summed E-state index contributed by atoms with van der Waals surface area (Å²) in [6.45, 7) is 8.05. The third-order valence-electron chi connectivity index (χ3n) is 5.16. The first kappa shape index (κ1) is 19.1. The standard InChI is InChI=1S/C24H27N5/c1-4-22-27-23-18(2)15-19(3)26-24(23)29(22)16-21-10-8-20(9-11-21)7-5-6-13-28-14-12-25-17-28/h5,7-12,14-15,17H,4,6,13,16H2,1-3H3/b7-5+. The Morgan fingerprint density at radius 1 is 1.07 bits per heavy atom. The van der Waals surface area contributed by atoms with Crippen LogP contribution in [0, 0.1) is 13.8 Å². The van der Waals surface area contributed by atoms with Gasteiger partial charge in [0.25, 0.3) is 0 Å². The van der Waals surface area contributed by atoms with E-state index in [0.29, 0.717) is 0 Å². The Labute approximate surface area is 171 Å². The summed E-state index contributed by atoms with van der Waals surface area (Å²) in [5.74, 6) is 1.09. The molecule has 4 aromatic rings. The van der Waals surface area contributed by atoms with Crippen molar-refractivity contribution in [3.05, 3.63) is 83.3 Å². The molecule has 1 aromatic carbocycles. The number of pyridine rings is 1. The Morgan fingerprint density at radius 3 is 2.62 bits per heavy atom. The largest absolute Gasteiger partial charge is 0.337 e. The molecule has 3 aromatic heterocycles. The third-order valence-corrected chi connectivity index (χ3v) is 5.16. The highest BCUT2D eigenvalue weighted by molar-refractivity contribution is 5.76. The van der Waals surface area contributed by atoms with Crippen LogP contribution in [0.15, 0.2) is 55.1 Å². The summed E-state index contributed by atoms with van der Waals surface area (Å²) in [5, 5.41) is 0. The first-order chi connectivity index (χ1) is 14.1. The minimum atomic E-state index is 0.792. The fraction of sp³-hybridized carbons (Fsp3) is 0.292. The lowest BCUT2D eigenvalue weighted by atomic mass is 10.1. The van der Waals surface area contributed by atoms with Crippen LogP contribution in [0.3, 0.4) is 0 Å². The zero-order valence-electron chi connectivity index (χ0n) is 17.3. The summed E-state index contributed by atoms with van der Waals surface area (Å²) < 4.78 is 4.34. The van der Waals surface area contributed by atoms with Gasteiger partial charge < -0.3 is 9.13 Å². The summed E-state index contributed by atoms with van der Waals surface area (Å²) in [5.41, 5.74) is 6.71. The van der Waals surface area contributed by atoms with Gasteiger partial charge in [0.05, 0.1) is 12.9 Å². The molecule has 0 aliphatic heterocycles. The molecule has 0 unspecified atom stereocenters. The van der Waals surface area contributed by atoms with Gasteiger partial charge in [-0.1, -0.05) is 43.3 Å². The van der Waals surface area contributed by atoms with Crippen molar-refractivity contribution in [1.82, 2.24) is 24.1 Å². The zero-order valence-corrected chi connectivity index (χ0v) is 17.3. The number of hydrogen-bond donors (Lipinski definition) is 0. The zero-order chi connectivity index (χ0) is 20.2. The number of nitrogens with zero attached hydrogens (tertiary/aromatic N) is 5. The molecule has 5 heteroatoms. The molecule has 0 aliphatic rings. The van der Waals surface area contributed by atoms with Crippen LogP contribution in [-0.2, 0) is 19.5 Å². The first-order valence-corrected chi connectivity index (χ1v) is 10.2. The minimum Gasteiger partial charge on any atom is -0.337 e. The van der Waals surface area contributed by atoms with Crippen molar-refractivity contribution < 1.29 is 0 Å². The van der Waals surface area contributed by atoms with E-state index in [1.165, 1.54) is 16.7 Å². The number of rotatable bonds is 7. The lowest BCUT2D eigenvalue weighted by Gasteiger charge is -2.09. The second kappa shape index (κ2) is 8.43. The molecule has 0 spiro atoms. The second-order valence-electron chi connectivity index (χ2n) is 7.45. The van der Waals surface area contributed by atoms with Gasteiger partial charge in [0, 0.05) is 31.1 Å². The van der Waals surface area contributed by atoms with Gasteiger partial charge in [0.15, 0.2) is 5.65 Å². The molecular formula is C24H27N5. The molecule has 3 heterocycles. The van der Waals surface area contributed by atoms with Crippen LogP contribution in [0.5, 0.6) is 0 Å². The van der Waals surface area contributed by atoms with Gasteiger partial charge in [-0.05, 0) is 43.0 Å². The van der Waals surface area contributed by atoms with Gasteiger partial charge in [-0.2, -0.15) is 0 Å².